The van der Waals surface area contributed by atoms with Crippen molar-refractivity contribution in [2.24, 2.45) is 0 Å². The van der Waals surface area contributed by atoms with Crippen molar-refractivity contribution in [3.8, 4) is 0 Å². The number of alkyl halides is 1. The molecule has 0 saturated carbocycles. The lowest BCUT2D eigenvalue weighted by Gasteiger charge is -2.09. The average molecular weight is 307 g/mol. The smallest absolute Gasteiger partial charge is 0.178 e. The van der Waals surface area contributed by atoms with Crippen molar-refractivity contribution in [2.75, 3.05) is 11.6 Å². The lowest BCUT2D eigenvalue weighted by Crippen LogP contribution is -2.05. The predicted molar refractivity (Wildman–Crippen MR) is 79.4 cm³/mol. The Morgan fingerprint density at radius 1 is 1.28 bits per heavy atom. The molecule has 1 atom stereocenters. The number of halogens is 1. The van der Waals surface area contributed by atoms with Crippen molar-refractivity contribution in [3.05, 3.63) is 24.3 Å². The van der Waals surface area contributed by atoms with Crippen molar-refractivity contribution < 1.29 is 8.42 Å². The van der Waals surface area contributed by atoms with Crippen LogP contribution in [0.25, 0.3) is 0 Å². The van der Waals surface area contributed by atoms with E-state index in [-0.39, 0.29) is 5.75 Å². The maximum absolute atomic E-state index is 11.8. The Balaban J connectivity index is 2.74. The van der Waals surface area contributed by atoms with Crippen molar-refractivity contribution in [1.82, 2.24) is 0 Å². The standard InChI is InChI=1S/C13H19ClO2S2/c1-3-10-18(15,16)13-6-4-12(5-7-13)17-11(2)8-9-14/h4-7,11H,3,8-10H2,1-2H3. The first-order valence-corrected chi connectivity index (χ1v) is 9.11. The van der Waals surface area contributed by atoms with Gasteiger partial charge in [0.05, 0.1) is 10.6 Å². The van der Waals surface area contributed by atoms with Crippen LogP contribution in [0.3, 0.4) is 0 Å². The zero-order valence-corrected chi connectivity index (χ0v) is 13.1. The molecule has 102 valence electrons. The summed E-state index contributed by atoms with van der Waals surface area (Å²) in [5, 5.41) is 0.445. The summed E-state index contributed by atoms with van der Waals surface area (Å²) >= 11 is 7.41. The second-order valence-electron chi connectivity index (χ2n) is 4.20. The van der Waals surface area contributed by atoms with E-state index >= 15 is 0 Å². The molecule has 0 heterocycles. The van der Waals surface area contributed by atoms with Crippen LogP contribution >= 0.6 is 23.4 Å². The highest BCUT2D eigenvalue weighted by Gasteiger charge is 2.13. The molecule has 1 aromatic carbocycles. The highest BCUT2D eigenvalue weighted by Crippen LogP contribution is 2.26. The molecule has 0 spiro atoms. The van der Waals surface area contributed by atoms with Gasteiger partial charge in [0.2, 0.25) is 0 Å². The summed E-state index contributed by atoms with van der Waals surface area (Å²) < 4.78 is 23.7. The van der Waals surface area contributed by atoms with Crippen molar-refractivity contribution in [3.63, 3.8) is 0 Å². The topological polar surface area (TPSA) is 34.1 Å². The fourth-order valence-corrected chi connectivity index (χ4v) is 4.33. The number of benzene rings is 1. The number of hydrogen-bond donors (Lipinski definition) is 0. The molecule has 18 heavy (non-hydrogen) atoms. The molecule has 1 aromatic rings. The zero-order valence-electron chi connectivity index (χ0n) is 10.7. The minimum atomic E-state index is -3.10. The Morgan fingerprint density at radius 2 is 1.89 bits per heavy atom. The summed E-state index contributed by atoms with van der Waals surface area (Å²) in [5.74, 6) is 0.860. The molecule has 0 fully saturated rings. The fourth-order valence-electron chi connectivity index (χ4n) is 1.56. The van der Waals surface area contributed by atoms with Crippen LogP contribution in [0.2, 0.25) is 0 Å². The number of thioether (sulfide) groups is 1. The van der Waals surface area contributed by atoms with E-state index < -0.39 is 9.84 Å². The molecule has 5 heteroatoms. The first-order chi connectivity index (χ1) is 8.49. The summed E-state index contributed by atoms with van der Waals surface area (Å²) in [6, 6.07) is 7.14. The van der Waals surface area contributed by atoms with Gasteiger partial charge in [-0.1, -0.05) is 13.8 Å². The van der Waals surface area contributed by atoms with Crippen LogP contribution in [0.5, 0.6) is 0 Å². The predicted octanol–water partition coefficient (Wildman–Crippen LogP) is 3.98. The number of hydrogen-bond acceptors (Lipinski definition) is 3. The van der Waals surface area contributed by atoms with Gasteiger partial charge in [0, 0.05) is 16.0 Å². The van der Waals surface area contributed by atoms with Crippen LogP contribution in [0, 0.1) is 0 Å². The maximum atomic E-state index is 11.8. The average Bonchev–Trinajstić information content (AvgIpc) is 2.30. The van der Waals surface area contributed by atoms with E-state index in [1.807, 2.05) is 19.1 Å². The quantitative estimate of drug-likeness (QED) is 0.564. The van der Waals surface area contributed by atoms with E-state index in [2.05, 4.69) is 6.92 Å². The Kier molecular flexibility index (Phi) is 6.53. The molecule has 0 aliphatic rings. The second kappa shape index (κ2) is 7.41. The van der Waals surface area contributed by atoms with Gasteiger partial charge in [0.1, 0.15) is 0 Å². The number of rotatable bonds is 7. The highest BCUT2D eigenvalue weighted by atomic mass is 35.5. The number of sulfone groups is 1. The lowest BCUT2D eigenvalue weighted by molar-refractivity contribution is 0.594. The highest BCUT2D eigenvalue weighted by molar-refractivity contribution is 8.00. The molecule has 0 aromatic heterocycles. The van der Waals surface area contributed by atoms with E-state index in [9.17, 15) is 8.42 Å². The Bertz CT molecular complexity index is 454. The van der Waals surface area contributed by atoms with E-state index in [0.717, 1.165) is 11.3 Å². The molecule has 1 rings (SSSR count). The van der Waals surface area contributed by atoms with Crippen LogP contribution < -0.4 is 0 Å². The van der Waals surface area contributed by atoms with Crippen molar-refractivity contribution in [1.29, 1.82) is 0 Å². The van der Waals surface area contributed by atoms with Crippen molar-refractivity contribution >= 4 is 33.2 Å². The van der Waals surface area contributed by atoms with Crippen LogP contribution in [0.15, 0.2) is 34.1 Å². The molecular weight excluding hydrogens is 288 g/mol. The van der Waals surface area contributed by atoms with Gasteiger partial charge in [-0.3, -0.25) is 0 Å². The van der Waals surface area contributed by atoms with Gasteiger partial charge in [0.25, 0.3) is 0 Å². The molecule has 0 amide bonds. The summed E-state index contributed by atoms with van der Waals surface area (Å²) in [5.41, 5.74) is 0. The van der Waals surface area contributed by atoms with E-state index in [4.69, 9.17) is 11.6 Å². The SMILES string of the molecule is CCCS(=O)(=O)c1ccc(SC(C)CCCl)cc1. The Hall–Kier alpha value is -0.190. The van der Waals surface area contributed by atoms with Gasteiger partial charge < -0.3 is 0 Å². The minimum absolute atomic E-state index is 0.210. The van der Waals surface area contributed by atoms with Gasteiger partial charge >= 0.3 is 0 Å². The van der Waals surface area contributed by atoms with Gasteiger partial charge in [-0.05, 0) is 37.1 Å². The van der Waals surface area contributed by atoms with E-state index in [0.29, 0.717) is 22.4 Å². The molecule has 0 bridgehead atoms. The Morgan fingerprint density at radius 3 is 2.39 bits per heavy atom. The molecule has 0 saturated heterocycles. The summed E-state index contributed by atoms with van der Waals surface area (Å²) in [4.78, 5) is 1.50. The zero-order chi connectivity index (χ0) is 13.6. The van der Waals surface area contributed by atoms with Gasteiger partial charge in [-0.15, -0.1) is 23.4 Å². The van der Waals surface area contributed by atoms with Crippen molar-refractivity contribution in [2.45, 2.75) is 41.7 Å². The molecule has 0 aliphatic carbocycles. The molecule has 1 unspecified atom stereocenters. The van der Waals surface area contributed by atoms with Gasteiger partial charge in [0.15, 0.2) is 9.84 Å². The monoisotopic (exact) mass is 306 g/mol. The maximum Gasteiger partial charge on any atom is 0.178 e. The third-order valence-corrected chi connectivity index (χ3v) is 5.85. The van der Waals surface area contributed by atoms with E-state index in [1.165, 1.54) is 0 Å². The molecule has 0 radical (unpaired) electrons. The third kappa shape index (κ3) is 4.82. The molecular formula is C13H19ClO2S2. The minimum Gasteiger partial charge on any atom is -0.224 e. The lowest BCUT2D eigenvalue weighted by atomic mass is 10.4. The summed E-state index contributed by atoms with van der Waals surface area (Å²) in [7, 11) is -3.10. The Labute approximate surface area is 119 Å². The molecule has 2 nitrogen and oxygen atoms in total. The van der Waals surface area contributed by atoms with E-state index in [1.54, 1.807) is 23.9 Å². The summed E-state index contributed by atoms with van der Waals surface area (Å²) in [6.45, 7) is 3.99. The van der Waals surface area contributed by atoms with Crippen LogP contribution in [-0.4, -0.2) is 25.3 Å². The normalized spacial score (nSPS) is 13.5. The van der Waals surface area contributed by atoms with Gasteiger partial charge in [-0.25, -0.2) is 8.42 Å². The second-order valence-corrected chi connectivity index (χ2v) is 8.20. The first kappa shape index (κ1) is 15.9. The first-order valence-electron chi connectivity index (χ1n) is 6.05. The largest absolute Gasteiger partial charge is 0.224 e. The van der Waals surface area contributed by atoms with Crippen LogP contribution in [0.4, 0.5) is 0 Å². The molecule has 0 N–H and O–H groups in total. The van der Waals surface area contributed by atoms with Gasteiger partial charge in [-0.2, -0.15) is 0 Å². The summed E-state index contributed by atoms with van der Waals surface area (Å²) in [6.07, 6.45) is 1.59. The third-order valence-electron chi connectivity index (χ3n) is 2.51. The van der Waals surface area contributed by atoms with Crippen LogP contribution in [-0.2, 0) is 9.84 Å². The fraction of sp³-hybridized carbons (Fsp3) is 0.538. The molecule has 0 aliphatic heterocycles. The van der Waals surface area contributed by atoms with Crippen LogP contribution in [0.1, 0.15) is 26.7 Å².